The first-order valence-electron chi connectivity index (χ1n) is 5.46. The summed E-state index contributed by atoms with van der Waals surface area (Å²) < 4.78 is 12.8. The minimum atomic E-state index is -0.0995. The van der Waals surface area contributed by atoms with Crippen LogP contribution in [0.4, 0.5) is 4.39 Å². The van der Waals surface area contributed by atoms with E-state index >= 15 is 0 Å². The third kappa shape index (κ3) is 5.74. The second-order valence-electron chi connectivity index (χ2n) is 2.68. The first-order valence-corrected chi connectivity index (χ1v) is 5.46. The molecule has 0 bridgehead atoms. The van der Waals surface area contributed by atoms with E-state index in [0.29, 0.717) is 0 Å². The molecule has 0 aliphatic carbocycles. The lowest BCUT2D eigenvalue weighted by atomic mass is 10.0. The van der Waals surface area contributed by atoms with Gasteiger partial charge in [0.05, 0.1) is 0 Å². The summed E-state index contributed by atoms with van der Waals surface area (Å²) in [6, 6.07) is 6.88. The van der Waals surface area contributed by atoms with Gasteiger partial charge in [-0.2, -0.15) is 0 Å². The molecular formula is C13H23F. The Kier molecular flexibility index (Phi) is 11.4. The van der Waals surface area contributed by atoms with Crippen LogP contribution < -0.4 is 0 Å². The molecule has 1 aromatic rings. The molecule has 0 heterocycles. The minimum absolute atomic E-state index is 0.0995. The molecule has 0 fully saturated rings. The van der Waals surface area contributed by atoms with Gasteiger partial charge in [0.1, 0.15) is 5.82 Å². The molecule has 0 atom stereocenters. The molecule has 0 N–H and O–H groups in total. The van der Waals surface area contributed by atoms with Crippen LogP contribution in [0.2, 0.25) is 0 Å². The second kappa shape index (κ2) is 10.2. The topological polar surface area (TPSA) is 0 Å². The lowest BCUT2D eigenvalue weighted by Crippen LogP contribution is -1.90. The molecule has 0 amide bonds. The maximum Gasteiger partial charge on any atom is 0.126 e. The Bertz CT molecular complexity index is 216. The molecule has 0 saturated heterocycles. The van der Waals surface area contributed by atoms with Crippen molar-refractivity contribution in [2.75, 3.05) is 0 Å². The van der Waals surface area contributed by atoms with Gasteiger partial charge in [0.25, 0.3) is 0 Å². The Hall–Kier alpha value is -0.850. The highest BCUT2D eigenvalue weighted by molar-refractivity contribution is 5.20. The summed E-state index contributed by atoms with van der Waals surface area (Å²) in [5, 5.41) is 0. The third-order valence-corrected chi connectivity index (χ3v) is 1.53. The van der Waals surface area contributed by atoms with Crippen LogP contribution in [-0.4, -0.2) is 0 Å². The van der Waals surface area contributed by atoms with Gasteiger partial charge < -0.3 is 0 Å². The van der Waals surface area contributed by atoms with Crippen LogP contribution in [0.25, 0.3) is 0 Å². The Balaban J connectivity index is 0. The molecule has 0 nitrogen and oxygen atoms in total. The van der Waals surface area contributed by atoms with Crippen LogP contribution in [0.15, 0.2) is 24.3 Å². The van der Waals surface area contributed by atoms with Crippen molar-refractivity contribution in [3.8, 4) is 0 Å². The molecule has 0 aromatic heterocycles. The van der Waals surface area contributed by atoms with Gasteiger partial charge in [-0.25, -0.2) is 4.39 Å². The van der Waals surface area contributed by atoms with Gasteiger partial charge in [0, 0.05) is 0 Å². The van der Waals surface area contributed by atoms with Crippen molar-refractivity contribution in [3.05, 3.63) is 35.6 Å². The number of halogens is 1. The van der Waals surface area contributed by atoms with E-state index in [2.05, 4.69) is 0 Å². The monoisotopic (exact) mass is 198 g/mol. The van der Waals surface area contributed by atoms with Crippen LogP contribution in [-0.2, 0) is 0 Å². The molecule has 1 aromatic carbocycles. The Morgan fingerprint density at radius 1 is 0.929 bits per heavy atom. The molecule has 0 radical (unpaired) electrons. The summed E-state index contributed by atoms with van der Waals surface area (Å²) >= 11 is 0. The highest BCUT2D eigenvalue weighted by atomic mass is 19.1. The second-order valence-corrected chi connectivity index (χ2v) is 2.68. The van der Waals surface area contributed by atoms with E-state index in [9.17, 15) is 4.39 Å². The molecule has 14 heavy (non-hydrogen) atoms. The molecule has 1 rings (SSSR count). The van der Waals surface area contributed by atoms with Gasteiger partial charge in [0.15, 0.2) is 0 Å². The molecule has 0 saturated carbocycles. The van der Waals surface area contributed by atoms with Gasteiger partial charge >= 0.3 is 0 Å². The van der Waals surface area contributed by atoms with Crippen LogP contribution in [0, 0.1) is 5.82 Å². The van der Waals surface area contributed by atoms with E-state index in [4.69, 9.17) is 0 Å². The quantitative estimate of drug-likeness (QED) is 0.595. The van der Waals surface area contributed by atoms with E-state index in [1.165, 1.54) is 6.07 Å². The lowest BCUT2D eigenvalue weighted by molar-refractivity contribution is 0.598. The summed E-state index contributed by atoms with van der Waals surface area (Å²) in [5.41, 5.74) is 0.794. The van der Waals surface area contributed by atoms with E-state index in [-0.39, 0.29) is 11.7 Å². The van der Waals surface area contributed by atoms with E-state index in [1.54, 1.807) is 6.07 Å². The average molecular weight is 198 g/mol. The van der Waals surface area contributed by atoms with Crippen molar-refractivity contribution in [1.29, 1.82) is 0 Å². The van der Waals surface area contributed by atoms with Crippen LogP contribution in [0.3, 0.4) is 0 Å². The molecule has 0 aliphatic heterocycles. The number of hydrogen-bond acceptors (Lipinski definition) is 0. The van der Waals surface area contributed by atoms with Crippen molar-refractivity contribution in [2.45, 2.75) is 47.5 Å². The van der Waals surface area contributed by atoms with Gasteiger partial charge in [-0.1, -0.05) is 59.7 Å². The first kappa shape index (κ1) is 15.6. The highest BCUT2D eigenvalue weighted by Crippen LogP contribution is 2.16. The maximum atomic E-state index is 12.8. The van der Waals surface area contributed by atoms with Gasteiger partial charge in [-0.05, 0) is 17.5 Å². The Morgan fingerprint density at radius 2 is 1.36 bits per heavy atom. The molecular weight excluding hydrogens is 175 g/mol. The summed E-state index contributed by atoms with van der Waals surface area (Å²) in [6.07, 6.45) is 0. The summed E-state index contributed by atoms with van der Waals surface area (Å²) in [5.74, 6) is 0.179. The SMILES string of the molecule is CC.CC.CC(C)c1ccccc1F. The smallest absolute Gasteiger partial charge is 0.126 e. The zero-order valence-electron chi connectivity index (χ0n) is 10.3. The lowest BCUT2D eigenvalue weighted by Gasteiger charge is -2.04. The van der Waals surface area contributed by atoms with E-state index in [0.717, 1.165) is 5.56 Å². The Labute approximate surface area is 88.2 Å². The number of benzene rings is 1. The Morgan fingerprint density at radius 3 is 1.64 bits per heavy atom. The van der Waals surface area contributed by atoms with Crippen molar-refractivity contribution in [1.82, 2.24) is 0 Å². The minimum Gasteiger partial charge on any atom is -0.207 e. The molecule has 0 spiro atoms. The van der Waals surface area contributed by atoms with Crippen LogP contribution >= 0.6 is 0 Å². The van der Waals surface area contributed by atoms with E-state index in [1.807, 2.05) is 53.7 Å². The number of hydrogen-bond donors (Lipinski definition) is 0. The van der Waals surface area contributed by atoms with E-state index < -0.39 is 0 Å². The molecule has 1 heteroatoms. The normalized spacial score (nSPS) is 8.29. The third-order valence-electron chi connectivity index (χ3n) is 1.53. The predicted molar refractivity (Wildman–Crippen MR) is 63.2 cm³/mol. The van der Waals surface area contributed by atoms with Gasteiger partial charge in [-0.3, -0.25) is 0 Å². The standard InChI is InChI=1S/C9H11F.2C2H6/c1-7(2)8-5-3-4-6-9(8)10;2*1-2/h3-7H,1-2H3;2*1-2H3. The van der Waals surface area contributed by atoms with Crippen molar-refractivity contribution in [2.24, 2.45) is 0 Å². The van der Waals surface area contributed by atoms with Gasteiger partial charge in [0.2, 0.25) is 0 Å². The molecule has 0 aliphatic rings. The van der Waals surface area contributed by atoms with Crippen molar-refractivity contribution >= 4 is 0 Å². The van der Waals surface area contributed by atoms with Crippen molar-refractivity contribution < 1.29 is 4.39 Å². The average Bonchev–Trinajstić information content (AvgIpc) is 2.24. The fraction of sp³-hybridized carbons (Fsp3) is 0.538. The predicted octanol–water partition coefficient (Wildman–Crippen LogP) is 5.00. The highest BCUT2D eigenvalue weighted by Gasteiger charge is 2.02. The summed E-state index contributed by atoms with van der Waals surface area (Å²) in [4.78, 5) is 0. The van der Waals surface area contributed by atoms with Crippen LogP contribution in [0.1, 0.15) is 53.0 Å². The summed E-state index contributed by atoms with van der Waals surface area (Å²) in [7, 11) is 0. The molecule has 0 unspecified atom stereocenters. The van der Waals surface area contributed by atoms with Crippen molar-refractivity contribution in [3.63, 3.8) is 0 Å². The fourth-order valence-electron chi connectivity index (χ4n) is 0.943. The molecule has 82 valence electrons. The number of rotatable bonds is 1. The van der Waals surface area contributed by atoms with Crippen LogP contribution in [0.5, 0.6) is 0 Å². The zero-order chi connectivity index (χ0) is 11.6. The van der Waals surface area contributed by atoms with Gasteiger partial charge in [-0.15, -0.1) is 0 Å². The largest absolute Gasteiger partial charge is 0.207 e. The first-order chi connectivity index (χ1) is 6.72. The fourth-order valence-corrected chi connectivity index (χ4v) is 0.943. The zero-order valence-corrected chi connectivity index (χ0v) is 10.3. The maximum absolute atomic E-state index is 12.8. The summed E-state index contributed by atoms with van der Waals surface area (Å²) in [6.45, 7) is 12.0.